The summed E-state index contributed by atoms with van der Waals surface area (Å²) in [5.41, 5.74) is 1.55. The Kier molecular flexibility index (Phi) is 6.72. The fourth-order valence-corrected chi connectivity index (χ4v) is 5.81. The minimum Gasteiger partial charge on any atom is -0.453 e. The van der Waals surface area contributed by atoms with Crippen LogP contribution in [0.15, 0.2) is 59.5 Å². The van der Waals surface area contributed by atoms with Crippen LogP contribution < -0.4 is 10.6 Å². The molecule has 0 bridgehead atoms. The normalized spacial score (nSPS) is 14.1. The number of ether oxygens (including phenoxy) is 1. The minimum atomic E-state index is -3.55. The van der Waals surface area contributed by atoms with E-state index < -0.39 is 22.0 Å². The lowest BCUT2D eigenvalue weighted by Crippen LogP contribution is -2.27. The zero-order valence-electron chi connectivity index (χ0n) is 17.8. The highest BCUT2D eigenvalue weighted by molar-refractivity contribution is 7.89. The van der Waals surface area contributed by atoms with Crippen molar-refractivity contribution in [1.29, 1.82) is 0 Å². The number of hydrogen-bond acceptors (Lipinski definition) is 7. The van der Waals surface area contributed by atoms with Crippen LogP contribution in [0.2, 0.25) is 0 Å². The molecule has 2 heterocycles. The zero-order valence-corrected chi connectivity index (χ0v) is 19.4. The summed E-state index contributed by atoms with van der Waals surface area (Å²) in [5, 5.41) is 6.03. The van der Waals surface area contributed by atoms with Crippen molar-refractivity contribution in [3.05, 3.63) is 60.2 Å². The molecule has 3 aromatic rings. The summed E-state index contributed by atoms with van der Waals surface area (Å²) in [4.78, 5) is 29.1. The Labute approximate surface area is 195 Å². The Morgan fingerprint density at radius 3 is 2.30 bits per heavy atom. The summed E-state index contributed by atoms with van der Waals surface area (Å²) in [5.74, 6) is -0.425. The van der Waals surface area contributed by atoms with Crippen molar-refractivity contribution in [2.24, 2.45) is 0 Å². The smallest absolute Gasteiger partial charge is 0.413 e. The summed E-state index contributed by atoms with van der Waals surface area (Å²) >= 11 is 1.09. The van der Waals surface area contributed by atoms with Crippen LogP contribution in [-0.4, -0.2) is 49.9 Å². The molecular weight excluding hydrogens is 464 g/mol. The summed E-state index contributed by atoms with van der Waals surface area (Å²) < 4.78 is 31.5. The number of carbonyl (C=O) groups excluding carboxylic acids is 2. The van der Waals surface area contributed by atoms with Gasteiger partial charge in [-0.2, -0.15) is 4.31 Å². The van der Waals surface area contributed by atoms with Gasteiger partial charge in [-0.25, -0.2) is 18.2 Å². The van der Waals surface area contributed by atoms with Gasteiger partial charge < -0.3 is 10.1 Å². The van der Waals surface area contributed by atoms with E-state index in [0.29, 0.717) is 29.3 Å². The predicted molar refractivity (Wildman–Crippen MR) is 126 cm³/mol. The van der Waals surface area contributed by atoms with Crippen molar-refractivity contribution in [2.75, 3.05) is 30.8 Å². The van der Waals surface area contributed by atoms with Gasteiger partial charge in [0.05, 0.1) is 12.0 Å². The molecule has 0 radical (unpaired) electrons. The lowest BCUT2D eigenvalue weighted by molar-refractivity contribution is 0.102. The molecule has 2 N–H and O–H groups in total. The fourth-order valence-electron chi connectivity index (χ4n) is 3.42. The topological polar surface area (TPSA) is 118 Å². The number of benzene rings is 2. The molecule has 1 fully saturated rings. The van der Waals surface area contributed by atoms with Crippen LogP contribution >= 0.6 is 11.3 Å². The third kappa shape index (κ3) is 5.05. The highest BCUT2D eigenvalue weighted by atomic mass is 32.2. The molecule has 0 aliphatic carbocycles. The third-order valence-corrected chi connectivity index (χ3v) is 7.91. The van der Waals surface area contributed by atoms with Crippen LogP contribution in [-0.2, 0) is 14.8 Å². The van der Waals surface area contributed by atoms with Crippen molar-refractivity contribution in [1.82, 2.24) is 9.29 Å². The van der Waals surface area contributed by atoms with Crippen LogP contribution in [0.25, 0.3) is 11.3 Å². The molecule has 9 nitrogen and oxygen atoms in total. The van der Waals surface area contributed by atoms with Crippen molar-refractivity contribution >= 4 is 43.5 Å². The summed E-state index contributed by atoms with van der Waals surface area (Å²) in [6.07, 6.45) is 1.03. The predicted octanol–water partition coefficient (Wildman–Crippen LogP) is 4.03. The zero-order chi connectivity index (χ0) is 23.4. The molecule has 1 aliphatic heterocycles. The first-order valence-electron chi connectivity index (χ1n) is 10.2. The van der Waals surface area contributed by atoms with Gasteiger partial charge in [-0.1, -0.05) is 41.7 Å². The van der Waals surface area contributed by atoms with E-state index in [9.17, 15) is 18.0 Å². The Morgan fingerprint density at radius 1 is 1.00 bits per heavy atom. The van der Waals surface area contributed by atoms with E-state index in [1.54, 1.807) is 0 Å². The molecule has 1 aliphatic rings. The number of carbonyl (C=O) groups is 2. The Balaban J connectivity index is 1.57. The maximum absolute atomic E-state index is 12.9. The molecule has 0 atom stereocenters. The number of thiazole rings is 1. The van der Waals surface area contributed by atoms with Crippen LogP contribution in [0.1, 0.15) is 23.2 Å². The van der Waals surface area contributed by atoms with Crippen LogP contribution in [0.4, 0.5) is 14.9 Å². The van der Waals surface area contributed by atoms with Gasteiger partial charge in [0.2, 0.25) is 10.0 Å². The average molecular weight is 487 g/mol. The second-order valence-electron chi connectivity index (χ2n) is 7.27. The summed E-state index contributed by atoms with van der Waals surface area (Å²) in [6, 6.07) is 15.1. The molecule has 1 saturated heterocycles. The lowest BCUT2D eigenvalue weighted by atomic mass is 10.1. The van der Waals surface area contributed by atoms with Gasteiger partial charge in [0, 0.05) is 24.2 Å². The molecule has 2 aromatic carbocycles. The molecule has 4 rings (SSSR count). The van der Waals surface area contributed by atoms with E-state index in [0.717, 1.165) is 29.7 Å². The second kappa shape index (κ2) is 9.69. The maximum Gasteiger partial charge on any atom is 0.413 e. The maximum atomic E-state index is 12.9. The fraction of sp³-hybridized carbons (Fsp3) is 0.227. The summed E-state index contributed by atoms with van der Waals surface area (Å²) in [6.45, 7) is 1.03. The second-order valence-corrected chi connectivity index (χ2v) is 10.2. The van der Waals surface area contributed by atoms with Gasteiger partial charge in [0.1, 0.15) is 10.7 Å². The third-order valence-electron chi connectivity index (χ3n) is 5.12. The first kappa shape index (κ1) is 22.9. The number of hydrogen-bond donors (Lipinski definition) is 2. The first-order valence-corrected chi connectivity index (χ1v) is 12.5. The highest BCUT2D eigenvalue weighted by Crippen LogP contribution is 2.36. The van der Waals surface area contributed by atoms with E-state index in [4.69, 9.17) is 0 Å². The quantitative estimate of drug-likeness (QED) is 0.543. The Hall–Kier alpha value is -3.28. The molecule has 172 valence electrons. The molecule has 0 spiro atoms. The molecule has 0 saturated carbocycles. The largest absolute Gasteiger partial charge is 0.453 e. The van der Waals surface area contributed by atoms with Gasteiger partial charge in [-0.05, 0) is 37.1 Å². The van der Waals surface area contributed by atoms with E-state index in [-0.39, 0.29) is 10.0 Å². The van der Waals surface area contributed by atoms with E-state index in [1.165, 1.54) is 35.7 Å². The lowest BCUT2D eigenvalue weighted by Gasteiger charge is -2.15. The highest BCUT2D eigenvalue weighted by Gasteiger charge is 2.27. The standard InChI is InChI=1S/C22H22N4O5S2/c1-31-22(28)25-21-23-18(15-7-3-2-4-8-15)20(32-21)24-19(27)16-9-11-17(12-10-16)33(29,30)26-13-5-6-14-26/h2-4,7-12H,5-6,13-14H2,1H3,(H,24,27)(H,23,25,28). The number of methoxy groups -OCH3 is 1. The minimum absolute atomic E-state index is 0.160. The van der Waals surface area contributed by atoms with Gasteiger partial charge >= 0.3 is 6.09 Å². The number of anilines is 2. The molecule has 0 unspecified atom stereocenters. The van der Waals surface area contributed by atoms with Crippen molar-refractivity contribution < 1.29 is 22.7 Å². The Bertz CT molecular complexity index is 1250. The van der Waals surface area contributed by atoms with Gasteiger partial charge in [-0.15, -0.1) is 0 Å². The molecule has 33 heavy (non-hydrogen) atoms. The van der Waals surface area contributed by atoms with Crippen LogP contribution in [0.3, 0.4) is 0 Å². The molecule has 11 heteroatoms. The number of amides is 2. The van der Waals surface area contributed by atoms with Crippen LogP contribution in [0, 0.1) is 0 Å². The number of nitrogens with zero attached hydrogens (tertiary/aromatic N) is 2. The SMILES string of the molecule is COC(=O)Nc1nc(-c2ccccc2)c(NC(=O)c2ccc(S(=O)(=O)N3CCCC3)cc2)s1. The number of rotatable bonds is 6. The number of sulfonamides is 1. The van der Waals surface area contributed by atoms with Gasteiger partial charge in [-0.3, -0.25) is 10.1 Å². The molecular formula is C22H22N4O5S2. The van der Waals surface area contributed by atoms with E-state index >= 15 is 0 Å². The van der Waals surface area contributed by atoms with Crippen molar-refractivity contribution in [2.45, 2.75) is 17.7 Å². The van der Waals surface area contributed by atoms with Gasteiger partial charge in [0.25, 0.3) is 5.91 Å². The van der Waals surface area contributed by atoms with Crippen molar-refractivity contribution in [3.63, 3.8) is 0 Å². The van der Waals surface area contributed by atoms with E-state index in [2.05, 4.69) is 20.4 Å². The van der Waals surface area contributed by atoms with Gasteiger partial charge in [0.15, 0.2) is 5.13 Å². The van der Waals surface area contributed by atoms with Crippen LogP contribution in [0.5, 0.6) is 0 Å². The van der Waals surface area contributed by atoms with Crippen molar-refractivity contribution in [3.8, 4) is 11.3 Å². The first-order chi connectivity index (χ1) is 15.9. The number of nitrogens with one attached hydrogen (secondary N) is 2. The number of aromatic nitrogens is 1. The Morgan fingerprint density at radius 2 is 1.67 bits per heavy atom. The van der Waals surface area contributed by atoms with E-state index in [1.807, 2.05) is 30.3 Å². The molecule has 1 aromatic heterocycles. The monoisotopic (exact) mass is 486 g/mol. The molecule has 2 amide bonds. The summed E-state index contributed by atoms with van der Waals surface area (Å²) in [7, 11) is -2.30. The average Bonchev–Trinajstić information content (AvgIpc) is 3.50.